The van der Waals surface area contributed by atoms with Crippen molar-refractivity contribution in [3.8, 4) is 0 Å². The quantitative estimate of drug-likeness (QED) is 0.848. The van der Waals surface area contributed by atoms with Crippen molar-refractivity contribution in [3.63, 3.8) is 0 Å². The Morgan fingerprint density at radius 2 is 1.68 bits per heavy atom. The van der Waals surface area contributed by atoms with E-state index >= 15 is 0 Å². The lowest BCUT2D eigenvalue weighted by atomic mass is 10.1. The van der Waals surface area contributed by atoms with Crippen LogP contribution < -0.4 is 0 Å². The first-order valence-corrected chi connectivity index (χ1v) is 9.39. The highest BCUT2D eigenvalue weighted by Crippen LogP contribution is 2.36. The summed E-state index contributed by atoms with van der Waals surface area (Å²) in [6, 6.07) is 14.1. The highest BCUT2D eigenvalue weighted by Gasteiger charge is 2.31. The molecule has 3 nitrogen and oxygen atoms in total. The minimum Gasteiger partial charge on any atom is -0.393 e. The fraction of sp³-hybridized carbons (Fsp3) is 0.294. The van der Waals surface area contributed by atoms with Gasteiger partial charge in [0.1, 0.15) is 0 Å². The molecule has 0 aliphatic heterocycles. The van der Waals surface area contributed by atoms with Gasteiger partial charge >= 0.3 is 0 Å². The van der Waals surface area contributed by atoms with Crippen LogP contribution in [0.25, 0.3) is 0 Å². The molecule has 2 unspecified atom stereocenters. The predicted molar refractivity (Wildman–Crippen MR) is 91.5 cm³/mol. The third kappa shape index (κ3) is 3.77. The molecule has 5 heteroatoms. The van der Waals surface area contributed by atoms with Crippen LogP contribution in [0.15, 0.2) is 57.9 Å². The van der Waals surface area contributed by atoms with Crippen LogP contribution in [0, 0.1) is 6.92 Å². The third-order valence-electron chi connectivity index (χ3n) is 3.53. The Balaban J connectivity index is 2.53. The van der Waals surface area contributed by atoms with Crippen molar-refractivity contribution in [2.75, 3.05) is 0 Å². The normalized spacial score (nSPS) is 14.5. The summed E-state index contributed by atoms with van der Waals surface area (Å²) in [6.07, 6.45) is -0.559. The van der Waals surface area contributed by atoms with Crippen LogP contribution in [-0.4, -0.2) is 19.6 Å². The average Bonchev–Trinajstić information content (AvgIpc) is 2.46. The molecule has 2 aromatic carbocycles. The van der Waals surface area contributed by atoms with Crippen LogP contribution in [0.4, 0.5) is 0 Å². The summed E-state index contributed by atoms with van der Waals surface area (Å²) >= 11 is 3.42. The average molecular weight is 383 g/mol. The van der Waals surface area contributed by atoms with Crippen LogP contribution in [0.2, 0.25) is 0 Å². The van der Waals surface area contributed by atoms with E-state index in [9.17, 15) is 13.5 Å². The molecule has 0 saturated carbocycles. The number of benzene rings is 2. The van der Waals surface area contributed by atoms with Gasteiger partial charge in [-0.25, -0.2) is 8.42 Å². The fourth-order valence-corrected chi connectivity index (χ4v) is 4.99. The second-order valence-corrected chi connectivity index (χ2v) is 8.44. The number of halogens is 1. The number of aryl methyl sites for hydroxylation is 1. The molecule has 0 amide bonds. The summed E-state index contributed by atoms with van der Waals surface area (Å²) in [4.78, 5) is 0.277. The van der Waals surface area contributed by atoms with E-state index in [0.717, 1.165) is 10.0 Å². The van der Waals surface area contributed by atoms with E-state index in [-0.39, 0.29) is 11.3 Å². The molecule has 2 aromatic rings. The molecule has 22 heavy (non-hydrogen) atoms. The summed E-state index contributed by atoms with van der Waals surface area (Å²) in [6.45, 7) is 3.52. The van der Waals surface area contributed by atoms with Crippen LogP contribution in [0.1, 0.15) is 29.7 Å². The summed E-state index contributed by atoms with van der Waals surface area (Å²) in [7, 11) is -3.58. The van der Waals surface area contributed by atoms with E-state index in [0.29, 0.717) is 5.56 Å². The van der Waals surface area contributed by atoms with E-state index in [1.807, 2.05) is 19.1 Å². The van der Waals surface area contributed by atoms with Crippen molar-refractivity contribution >= 4 is 25.8 Å². The molecule has 0 aromatic heterocycles. The number of aliphatic hydroxyl groups is 1. The molecule has 0 aliphatic carbocycles. The lowest BCUT2D eigenvalue weighted by molar-refractivity contribution is 0.182. The fourth-order valence-electron chi connectivity index (χ4n) is 2.36. The van der Waals surface area contributed by atoms with Gasteiger partial charge in [-0.05, 0) is 44.0 Å². The van der Waals surface area contributed by atoms with Crippen molar-refractivity contribution in [1.29, 1.82) is 0 Å². The number of hydrogen-bond acceptors (Lipinski definition) is 3. The minimum atomic E-state index is -3.58. The van der Waals surface area contributed by atoms with E-state index in [1.54, 1.807) is 43.3 Å². The molecule has 2 atom stereocenters. The number of hydrogen-bond donors (Lipinski definition) is 1. The molecule has 2 rings (SSSR count). The first kappa shape index (κ1) is 17.2. The van der Waals surface area contributed by atoms with Crippen LogP contribution >= 0.6 is 15.9 Å². The van der Waals surface area contributed by atoms with E-state index in [4.69, 9.17) is 0 Å². The lowest BCUT2D eigenvalue weighted by Crippen LogP contribution is -2.19. The van der Waals surface area contributed by atoms with Crippen molar-refractivity contribution in [3.05, 3.63) is 64.1 Å². The van der Waals surface area contributed by atoms with Crippen molar-refractivity contribution in [2.24, 2.45) is 0 Å². The zero-order chi connectivity index (χ0) is 16.3. The maximum atomic E-state index is 13.0. The van der Waals surface area contributed by atoms with Gasteiger partial charge in [-0.1, -0.05) is 51.8 Å². The van der Waals surface area contributed by atoms with Crippen molar-refractivity contribution in [1.82, 2.24) is 0 Å². The molecule has 0 spiro atoms. The van der Waals surface area contributed by atoms with E-state index in [2.05, 4.69) is 15.9 Å². The van der Waals surface area contributed by atoms with Crippen LogP contribution in [0.3, 0.4) is 0 Å². The summed E-state index contributed by atoms with van der Waals surface area (Å²) in [5.41, 5.74) is 1.68. The minimum absolute atomic E-state index is 0.152. The second kappa shape index (κ2) is 6.94. The predicted octanol–water partition coefficient (Wildman–Crippen LogP) is 4.04. The van der Waals surface area contributed by atoms with E-state index < -0.39 is 21.2 Å². The first-order chi connectivity index (χ1) is 10.3. The molecule has 0 fully saturated rings. The van der Waals surface area contributed by atoms with Gasteiger partial charge in [-0.3, -0.25) is 0 Å². The van der Waals surface area contributed by atoms with Gasteiger partial charge in [0.15, 0.2) is 9.84 Å². The van der Waals surface area contributed by atoms with Gasteiger partial charge < -0.3 is 5.11 Å². The van der Waals surface area contributed by atoms with Gasteiger partial charge in [-0.15, -0.1) is 0 Å². The molecule has 0 radical (unpaired) electrons. The number of aliphatic hydroxyl groups excluding tert-OH is 1. The Labute approximate surface area is 140 Å². The highest BCUT2D eigenvalue weighted by molar-refractivity contribution is 9.10. The van der Waals surface area contributed by atoms with Gasteiger partial charge in [0.05, 0.1) is 16.2 Å². The van der Waals surface area contributed by atoms with Crippen molar-refractivity contribution in [2.45, 2.75) is 36.5 Å². The van der Waals surface area contributed by atoms with Crippen LogP contribution in [0.5, 0.6) is 0 Å². The maximum absolute atomic E-state index is 13.0. The Morgan fingerprint density at radius 1 is 1.09 bits per heavy atom. The molecule has 118 valence electrons. The molecule has 0 saturated heterocycles. The number of rotatable bonds is 5. The molecule has 0 heterocycles. The summed E-state index contributed by atoms with van der Waals surface area (Å²) in [5.74, 6) is 0. The Bertz CT molecular complexity index is 737. The molecular weight excluding hydrogens is 364 g/mol. The van der Waals surface area contributed by atoms with Crippen LogP contribution in [-0.2, 0) is 9.84 Å². The monoisotopic (exact) mass is 382 g/mol. The molecule has 0 aliphatic rings. The highest BCUT2D eigenvalue weighted by atomic mass is 79.9. The lowest BCUT2D eigenvalue weighted by Gasteiger charge is -2.21. The zero-order valence-corrected chi connectivity index (χ0v) is 14.9. The van der Waals surface area contributed by atoms with Gasteiger partial charge in [0.2, 0.25) is 0 Å². The molecule has 0 bridgehead atoms. The number of sulfone groups is 1. The Kier molecular flexibility index (Phi) is 5.42. The summed E-state index contributed by atoms with van der Waals surface area (Å²) in [5, 5.41) is 8.96. The zero-order valence-electron chi connectivity index (χ0n) is 12.5. The van der Waals surface area contributed by atoms with Gasteiger partial charge in [0, 0.05) is 4.47 Å². The van der Waals surface area contributed by atoms with E-state index in [1.165, 1.54) is 0 Å². The smallest absolute Gasteiger partial charge is 0.185 e. The molecular formula is C17H19BrO3S. The van der Waals surface area contributed by atoms with Gasteiger partial charge in [-0.2, -0.15) is 0 Å². The van der Waals surface area contributed by atoms with Crippen molar-refractivity contribution < 1.29 is 13.5 Å². The Morgan fingerprint density at radius 3 is 2.23 bits per heavy atom. The second-order valence-electron chi connectivity index (χ2n) is 5.45. The SMILES string of the molecule is Cc1ccc(S(=O)(=O)C(CC(C)O)c2ccccc2Br)cc1. The largest absolute Gasteiger partial charge is 0.393 e. The molecule has 1 N–H and O–H groups in total. The first-order valence-electron chi connectivity index (χ1n) is 7.05. The topological polar surface area (TPSA) is 54.4 Å². The standard InChI is InChI=1S/C17H19BrO3S/c1-12-7-9-14(10-8-12)22(20,21)17(11-13(2)19)15-5-3-4-6-16(15)18/h3-10,13,17,19H,11H2,1-2H3. The Hall–Kier alpha value is -1.17. The maximum Gasteiger partial charge on any atom is 0.185 e. The third-order valence-corrected chi connectivity index (χ3v) is 6.38. The summed E-state index contributed by atoms with van der Waals surface area (Å²) < 4.78 is 26.7. The van der Waals surface area contributed by atoms with Gasteiger partial charge in [0.25, 0.3) is 0 Å².